The first-order valence-corrected chi connectivity index (χ1v) is 6.99. The topological polar surface area (TPSA) is 65.0 Å². The van der Waals surface area contributed by atoms with Crippen molar-refractivity contribution in [3.63, 3.8) is 0 Å². The van der Waals surface area contributed by atoms with Crippen molar-refractivity contribution in [1.82, 2.24) is 0 Å². The monoisotopic (exact) mass is 296 g/mol. The van der Waals surface area contributed by atoms with Gasteiger partial charge < -0.3 is 19.3 Å². The molecule has 0 spiro atoms. The highest BCUT2D eigenvalue weighted by molar-refractivity contribution is 5.73. The number of hydrogen-bond donors (Lipinski definition) is 1. The highest BCUT2D eigenvalue weighted by atomic mass is 16.5. The van der Waals surface area contributed by atoms with E-state index in [-0.39, 0.29) is 0 Å². The second-order valence-electron chi connectivity index (χ2n) is 5.49. The Kier molecular flexibility index (Phi) is 6.34. The molecule has 0 aliphatic carbocycles. The molecule has 0 amide bonds. The van der Waals surface area contributed by atoms with Crippen molar-refractivity contribution in [2.45, 2.75) is 33.1 Å². The molecule has 0 saturated carbocycles. The van der Waals surface area contributed by atoms with Crippen molar-refractivity contribution in [2.75, 3.05) is 20.8 Å². The molecule has 1 aromatic carbocycles. The van der Waals surface area contributed by atoms with Crippen molar-refractivity contribution in [1.29, 1.82) is 0 Å². The third-order valence-electron chi connectivity index (χ3n) is 3.40. The molecule has 0 atom stereocenters. The SMILES string of the molecule is COc1cccc(OC)c1OCCCCC(C)(C)C(=O)O. The predicted molar refractivity (Wildman–Crippen MR) is 80.3 cm³/mol. The third-order valence-corrected chi connectivity index (χ3v) is 3.40. The van der Waals surface area contributed by atoms with Gasteiger partial charge in [0, 0.05) is 0 Å². The van der Waals surface area contributed by atoms with Crippen LogP contribution in [0.2, 0.25) is 0 Å². The zero-order valence-electron chi connectivity index (χ0n) is 13.1. The van der Waals surface area contributed by atoms with Crippen molar-refractivity contribution >= 4 is 5.97 Å². The fourth-order valence-electron chi connectivity index (χ4n) is 1.91. The summed E-state index contributed by atoms with van der Waals surface area (Å²) in [5.41, 5.74) is -0.692. The molecule has 0 radical (unpaired) electrons. The van der Waals surface area contributed by atoms with Gasteiger partial charge in [0.15, 0.2) is 11.5 Å². The second kappa shape index (κ2) is 7.76. The van der Waals surface area contributed by atoms with Gasteiger partial charge in [-0.3, -0.25) is 4.79 Å². The molecule has 0 saturated heterocycles. The van der Waals surface area contributed by atoms with Crippen LogP contribution in [0.25, 0.3) is 0 Å². The minimum atomic E-state index is -0.769. The molecule has 0 heterocycles. The number of para-hydroxylation sites is 1. The number of rotatable bonds is 9. The predicted octanol–water partition coefficient (Wildman–Crippen LogP) is 3.36. The zero-order chi connectivity index (χ0) is 15.9. The van der Waals surface area contributed by atoms with Crippen LogP contribution in [0.15, 0.2) is 18.2 Å². The summed E-state index contributed by atoms with van der Waals surface area (Å²) >= 11 is 0. The van der Waals surface area contributed by atoms with E-state index in [1.165, 1.54) is 0 Å². The lowest BCUT2D eigenvalue weighted by molar-refractivity contribution is -0.147. The molecule has 21 heavy (non-hydrogen) atoms. The van der Waals surface area contributed by atoms with Crippen LogP contribution in [0.3, 0.4) is 0 Å². The number of aliphatic carboxylic acids is 1. The molecule has 1 N–H and O–H groups in total. The lowest BCUT2D eigenvalue weighted by Crippen LogP contribution is -2.23. The Morgan fingerprint density at radius 3 is 2.19 bits per heavy atom. The lowest BCUT2D eigenvalue weighted by atomic mass is 9.87. The summed E-state index contributed by atoms with van der Waals surface area (Å²) in [7, 11) is 3.16. The van der Waals surface area contributed by atoms with E-state index in [0.29, 0.717) is 30.3 Å². The Morgan fingerprint density at radius 1 is 1.14 bits per heavy atom. The molecule has 118 valence electrons. The van der Waals surface area contributed by atoms with Crippen LogP contribution in [0.4, 0.5) is 0 Å². The summed E-state index contributed by atoms with van der Waals surface area (Å²) in [5, 5.41) is 9.05. The molecule has 0 bridgehead atoms. The first-order valence-electron chi connectivity index (χ1n) is 6.99. The van der Waals surface area contributed by atoms with Gasteiger partial charge in [0.1, 0.15) is 0 Å². The summed E-state index contributed by atoms with van der Waals surface area (Å²) < 4.78 is 16.2. The quantitative estimate of drug-likeness (QED) is 0.708. The van der Waals surface area contributed by atoms with E-state index < -0.39 is 11.4 Å². The van der Waals surface area contributed by atoms with Crippen molar-refractivity contribution in [2.24, 2.45) is 5.41 Å². The minimum Gasteiger partial charge on any atom is -0.493 e. The van der Waals surface area contributed by atoms with Crippen LogP contribution in [0.1, 0.15) is 33.1 Å². The number of ether oxygens (including phenoxy) is 3. The first kappa shape index (κ1) is 17.1. The van der Waals surface area contributed by atoms with E-state index in [1.807, 2.05) is 18.2 Å². The largest absolute Gasteiger partial charge is 0.493 e. The number of carboxylic acid groups (broad SMARTS) is 1. The van der Waals surface area contributed by atoms with Crippen LogP contribution >= 0.6 is 0 Å². The van der Waals surface area contributed by atoms with Gasteiger partial charge in [0.2, 0.25) is 5.75 Å². The van der Waals surface area contributed by atoms with E-state index in [2.05, 4.69) is 0 Å². The fourth-order valence-corrected chi connectivity index (χ4v) is 1.91. The van der Waals surface area contributed by atoms with E-state index in [1.54, 1.807) is 28.1 Å². The Morgan fingerprint density at radius 2 is 1.71 bits per heavy atom. The summed E-state index contributed by atoms with van der Waals surface area (Å²) in [6.45, 7) is 3.96. The van der Waals surface area contributed by atoms with Crippen LogP contribution in [-0.2, 0) is 4.79 Å². The molecule has 1 aromatic rings. The molecule has 1 rings (SSSR count). The van der Waals surface area contributed by atoms with Crippen LogP contribution in [-0.4, -0.2) is 31.9 Å². The van der Waals surface area contributed by atoms with Crippen molar-refractivity contribution in [3.8, 4) is 17.2 Å². The van der Waals surface area contributed by atoms with Gasteiger partial charge in [-0.1, -0.05) is 6.07 Å². The van der Waals surface area contributed by atoms with Gasteiger partial charge in [-0.2, -0.15) is 0 Å². The Labute approximate surface area is 125 Å². The number of methoxy groups -OCH3 is 2. The number of benzene rings is 1. The highest BCUT2D eigenvalue weighted by Gasteiger charge is 2.26. The average Bonchev–Trinajstić information content (AvgIpc) is 2.46. The van der Waals surface area contributed by atoms with E-state index in [9.17, 15) is 4.79 Å². The molecule has 5 nitrogen and oxygen atoms in total. The van der Waals surface area contributed by atoms with Crippen LogP contribution < -0.4 is 14.2 Å². The molecule has 0 aliphatic rings. The molecular formula is C16H24O5. The molecule has 0 aliphatic heterocycles. The summed E-state index contributed by atoms with van der Waals surface area (Å²) in [4.78, 5) is 11.0. The van der Waals surface area contributed by atoms with Gasteiger partial charge in [-0.25, -0.2) is 0 Å². The average molecular weight is 296 g/mol. The maximum Gasteiger partial charge on any atom is 0.309 e. The van der Waals surface area contributed by atoms with Crippen molar-refractivity contribution in [3.05, 3.63) is 18.2 Å². The summed E-state index contributed by atoms with van der Waals surface area (Å²) in [6, 6.07) is 5.46. The fraction of sp³-hybridized carbons (Fsp3) is 0.562. The maximum atomic E-state index is 11.0. The van der Waals surface area contributed by atoms with Crippen molar-refractivity contribution < 1.29 is 24.1 Å². The van der Waals surface area contributed by atoms with Gasteiger partial charge >= 0.3 is 5.97 Å². The smallest absolute Gasteiger partial charge is 0.309 e. The van der Waals surface area contributed by atoms with E-state index in [4.69, 9.17) is 19.3 Å². The normalized spacial score (nSPS) is 11.0. The van der Waals surface area contributed by atoms with E-state index in [0.717, 1.165) is 12.8 Å². The third kappa shape index (κ3) is 4.85. The van der Waals surface area contributed by atoms with Gasteiger partial charge in [0.25, 0.3) is 0 Å². The summed E-state index contributed by atoms with van der Waals surface area (Å²) in [6.07, 6.45) is 2.18. The number of carboxylic acids is 1. The van der Waals surface area contributed by atoms with Gasteiger partial charge in [-0.05, 0) is 45.2 Å². The van der Waals surface area contributed by atoms with Gasteiger partial charge in [0.05, 0.1) is 26.2 Å². The minimum absolute atomic E-state index is 0.492. The number of carbonyl (C=O) groups is 1. The standard InChI is InChI=1S/C16H24O5/c1-16(2,15(17)18)10-5-6-11-21-14-12(19-3)8-7-9-13(14)20-4/h7-9H,5-6,10-11H2,1-4H3,(H,17,18). The van der Waals surface area contributed by atoms with Crippen LogP contribution in [0, 0.1) is 5.41 Å². The molecule has 0 fully saturated rings. The summed E-state index contributed by atoms with van der Waals surface area (Å²) in [5.74, 6) is 1.07. The lowest BCUT2D eigenvalue weighted by Gasteiger charge is -2.19. The Bertz CT molecular complexity index is 445. The number of unbranched alkanes of at least 4 members (excludes halogenated alkanes) is 1. The second-order valence-corrected chi connectivity index (χ2v) is 5.49. The number of hydrogen-bond acceptors (Lipinski definition) is 4. The maximum absolute atomic E-state index is 11.0. The molecule has 0 aromatic heterocycles. The molecule has 5 heteroatoms. The zero-order valence-corrected chi connectivity index (χ0v) is 13.1. The molecule has 0 unspecified atom stereocenters. The Balaban J connectivity index is 2.48. The highest BCUT2D eigenvalue weighted by Crippen LogP contribution is 2.36. The van der Waals surface area contributed by atoms with E-state index >= 15 is 0 Å². The Hall–Kier alpha value is -1.91. The first-order chi connectivity index (χ1) is 9.92. The van der Waals surface area contributed by atoms with Crippen LogP contribution in [0.5, 0.6) is 17.2 Å². The molecular weight excluding hydrogens is 272 g/mol. The van der Waals surface area contributed by atoms with Gasteiger partial charge in [-0.15, -0.1) is 0 Å².